The maximum Gasteiger partial charge on any atom is 0.202 e. The molecule has 0 saturated carbocycles. The lowest BCUT2D eigenvalue weighted by atomic mass is 10.1. The van der Waals surface area contributed by atoms with Gasteiger partial charge in [-0.3, -0.25) is 4.79 Å². The largest absolute Gasteiger partial charge is 0.370 e. The van der Waals surface area contributed by atoms with E-state index in [1.807, 2.05) is 40.8 Å². The highest BCUT2D eigenvalue weighted by Crippen LogP contribution is 2.29. The molecule has 3 aromatic heterocycles. The highest BCUT2D eigenvalue weighted by atomic mass is 16.1. The van der Waals surface area contributed by atoms with Crippen LogP contribution in [0.4, 0.5) is 5.69 Å². The third-order valence-electron chi connectivity index (χ3n) is 6.29. The van der Waals surface area contributed by atoms with Crippen LogP contribution in [0.3, 0.4) is 0 Å². The topological polar surface area (TPSA) is 56.0 Å². The molecule has 0 bridgehead atoms. The van der Waals surface area contributed by atoms with E-state index in [-0.39, 0.29) is 5.43 Å². The Balaban J connectivity index is 1.59. The van der Waals surface area contributed by atoms with E-state index < -0.39 is 0 Å². The Morgan fingerprint density at radius 1 is 1.17 bits per heavy atom. The van der Waals surface area contributed by atoms with Gasteiger partial charge in [0.05, 0.1) is 22.8 Å². The Hall–Kier alpha value is -3.41. The minimum Gasteiger partial charge on any atom is -0.370 e. The second-order valence-corrected chi connectivity index (χ2v) is 8.03. The number of imidazole rings is 1. The molecular formula is C24H25N5O. The maximum atomic E-state index is 13.4. The van der Waals surface area contributed by atoms with Crippen LogP contribution in [0.25, 0.3) is 22.4 Å². The number of aromatic nitrogens is 4. The first-order valence-electron chi connectivity index (χ1n) is 10.4. The van der Waals surface area contributed by atoms with Gasteiger partial charge in [0.25, 0.3) is 0 Å². The van der Waals surface area contributed by atoms with Gasteiger partial charge in [-0.15, -0.1) is 0 Å². The van der Waals surface area contributed by atoms with E-state index in [0.717, 1.165) is 25.1 Å². The van der Waals surface area contributed by atoms with Crippen molar-refractivity contribution < 1.29 is 0 Å². The first-order valence-corrected chi connectivity index (χ1v) is 10.4. The second-order valence-electron chi connectivity index (χ2n) is 8.03. The number of hydrogen-bond acceptors (Lipinski definition) is 4. The van der Waals surface area contributed by atoms with Gasteiger partial charge in [-0.2, -0.15) is 0 Å². The molecule has 1 aliphatic carbocycles. The average Bonchev–Trinajstić information content (AvgIpc) is 3.39. The predicted molar refractivity (Wildman–Crippen MR) is 120 cm³/mol. The number of benzene rings is 1. The summed E-state index contributed by atoms with van der Waals surface area (Å²) in [5, 5.41) is 0.636. The van der Waals surface area contributed by atoms with Crippen molar-refractivity contribution in [2.45, 2.75) is 32.4 Å². The number of nitrogens with zero attached hydrogens (tertiary/aromatic N) is 5. The van der Waals surface area contributed by atoms with Gasteiger partial charge in [-0.1, -0.05) is 24.3 Å². The molecule has 0 unspecified atom stereocenters. The highest BCUT2D eigenvalue weighted by Gasteiger charge is 2.25. The van der Waals surface area contributed by atoms with Crippen LogP contribution in [0.15, 0.2) is 59.9 Å². The fraction of sp³-hybridized carbons (Fsp3) is 0.292. The monoisotopic (exact) mass is 399 g/mol. The number of likely N-dealkylation sites (N-methyl/N-ethyl adjacent to an activating group) is 1. The van der Waals surface area contributed by atoms with Gasteiger partial charge in [0, 0.05) is 45.3 Å². The smallest absolute Gasteiger partial charge is 0.202 e. The van der Waals surface area contributed by atoms with Gasteiger partial charge in [-0.25, -0.2) is 9.97 Å². The lowest BCUT2D eigenvalue weighted by Crippen LogP contribution is -2.32. The predicted octanol–water partition coefficient (Wildman–Crippen LogP) is 3.42. The summed E-state index contributed by atoms with van der Waals surface area (Å²) in [7, 11) is 4.00. The number of rotatable bonds is 4. The Morgan fingerprint density at radius 3 is 2.53 bits per heavy atom. The Labute approximate surface area is 175 Å². The van der Waals surface area contributed by atoms with E-state index in [0.29, 0.717) is 28.5 Å². The molecule has 1 aromatic carbocycles. The molecule has 3 heterocycles. The van der Waals surface area contributed by atoms with Gasteiger partial charge in [-0.05, 0) is 37.0 Å². The van der Waals surface area contributed by atoms with Gasteiger partial charge in [0.1, 0.15) is 11.5 Å². The summed E-state index contributed by atoms with van der Waals surface area (Å²) in [5.74, 6) is 0.675. The van der Waals surface area contributed by atoms with Gasteiger partial charge < -0.3 is 14.0 Å². The molecule has 0 saturated heterocycles. The summed E-state index contributed by atoms with van der Waals surface area (Å²) in [6.07, 6.45) is 9.35. The van der Waals surface area contributed by atoms with E-state index in [1.165, 1.54) is 11.1 Å². The third kappa shape index (κ3) is 2.91. The summed E-state index contributed by atoms with van der Waals surface area (Å²) in [5.41, 5.74) is 5.08. The van der Waals surface area contributed by atoms with Crippen LogP contribution < -0.4 is 10.3 Å². The minimum atomic E-state index is -0.0264. The Kier molecular flexibility index (Phi) is 4.42. The van der Waals surface area contributed by atoms with Crippen LogP contribution in [-0.2, 0) is 26.4 Å². The zero-order chi connectivity index (χ0) is 20.8. The molecule has 5 rings (SSSR count). The lowest BCUT2D eigenvalue weighted by Gasteiger charge is -2.26. The summed E-state index contributed by atoms with van der Waals surface area (Å²) < 4.78 is 3.90. The standard InChI is InChI=1S/C24H25N5O/c1-4-29-15-21(23-25-9-10-27(23)2)22(30)20-13-19(14-26-24(20)29)28(3)18-11-16-7-5-6-8-17(16)12-18/h5-10,13-15,18H,4,11-12H2,1-3H3. The molecule has 0 fully saturated rings. The number of fused-ring (bicyclic) bond motifs is 2. The van der Waals surface area contributed by atoms with Crippen molar-refractivity contribution in [2.75, 3.05) is 11.9 Å². The first-order chi connectivity index (χ1) is 14.6. The van der Waals surface area contributed by atoms with Gasteiger partial charge in [0.15, 0.2) is 0 Å². The van der Waals surface area contributed by atoms with E-state index in [9.17, 15) is 4.79 Å². The van der Waals surface area contributed by atoms with Gasteiger partial charge in [0.2, 0.25) is 5.43 Å². The van der Waals surface area contributed by atoms with Crippen molar-refractivity contribution in [1.29, 1.82) is 0 Å². The molecule has 4 aromatic rings. The molecular weight excluding hydrogens is 374 g/mol. The Morgan fingerprint density at radius 2 is 1.90 bits per heavy atom. The number of aryl methyl sites for hydroxylation is 2. The fourth-order valence-electron chi connectivity index (χ4n) is 4.50. The second kappa shape index (κ2) is 7.13. The molecule has 0 radical (unpaired) electrons. The summed E-state index contributed by atoms with van der Waals surface area (Å²) in [6, 6.07) is 11.0. The zero-order valence-electron chi connectivity index (χ0n) is 17.5. The SMILES string of the molecule is CCn1cc(-c2nccn2C)c(=O)c2cc(N(C)C3Cc4ccccc4C3)cnc21. The number of anilines is 1. The van der Waals surface area contributed by atoms with Crippen molar-refractivity contribution in [3.05, 3.63) is 76.5 Å². The number of pyridine rings is 2. The summed E-state index contributed by atoms with van der Waals surface area (Å²) in [6.45, 7) is 2.79. The van der Waals surface area contributed by atoms with E-state index in [2.05, 4.69) is 48.1 Å². The molecule has 6 nitrogen and oxygen atoms in total. The van der Waals surface area contributed by atoms with Crippen molar-refractivity contribution in [3.8, 4) is 11.4 Å². The maximum absolute atomic E-state index is 13.4. The fourth-order valence-corrected chi connectivity index (χ4v) is 4.50. The van der Waals surface area contributed by atoms with Crippen molar-refractivity contribution in [3.63, 3.8) is 0 Å². The van der Waals surface area contributed by atoms with E-state index in [1.54, 1.807) is 6.20 Å². The van der Waals surface area contributed by atoms with Crippen LogP contribution in [0.1, 0.15) is 18.1 Å². The highest BCUT2D eigenvalue weighted by molar-refractivity contribution is 5.83. The average molecular weight is 399 g/mol. The summed E-state index contributed by atoms with van der Waals surface area (Å²) in [4.78, 5) is 24.7. The molecule has 6 heteroatoms. The minimum absolute atomic E-state index is 0.0264. The van der Waals surface area contributed by atoms with Crippen LogP contribution >= 0.6 is 0 Å². The molecule has 0 spiro atoms. The molecule has 0 N–H and O–H groups in total. The van der Waals surface area contributed by atoms with Gasteiger partial charge >= 0.3 is 0 Å². The molecule has 1 aliphatic rings. The van der Waals surface area contributed by atoms with Crippen molar-refractivity contribution >= 4 is 16.7 Å². The van der Waals surface area contributed by atoms with Crippen molar-refractivity contribution in [2.24, 2.45) is 7.05 Å². The molecule has 152 valence electrons. The Bertz CT molecular complexity index is 1280. The zero-order valence-corrected chi connectivity index (χ0v) is 17.5. The molecule has 30 heavy (non-hydrogen) atoms. The number of hydrogen-bond donors (Lipinski definition) is 0. The quantitative estimate of drug-likeness (QED) is 0.528. The normalized spacial score (nSPS) is 13.7. The van der Waals surface area contributed by atoms with Crippen LogP contribution in [0.2, 0.25) is 0 Å². The van der Waals surface area contributed by atoms with E-state index >= 15 is 0 Å². The van der Waals surface area contributed by atoms with Crippen LogP contribution in [-0.4, -0.2) is 32.2 Å². The first kappa shape index (κ1) is 18.6. The third-order valence-corrected chi connectivity index (χ3v) is 6.29. The van der Waals surface area contributed by atoms with Crippen molar-refractivity contribution in [1.82, 2.24) is 19.1 Å². The van der Waals surface area contributed by atoms with E-state index in [4.69, 9.17) is 4.98 Å². The van der Waals surface area contributed by atoms with Crippen LogP contribution in [0, 0.1) is 0 Å². The van der Waals surface area contributed by atoms with Crippen LogP contribution in [0.5, 0.6) is 0 Å². The molecule has 0 atom stereocenters. The lowest BCUT2D eigenvalue weighted by molar-refractivity contribution is 0.666. The molecule has 0 aliphatic heterocycles. The molecule has 0 amide bonds. The summed E-state index contributed by atoms with van der Waals surface area (Å²) >= 11 is 0.